The second-order valence-corrected chi connectivity index (χ2v) is 6.05. The molecule has 0 bridgehead atoms. The van der Waals surface area contributed by atoms with Gasteiger partial charge in [0.25, 0.3) is 0 Å². The Hall–Kier alpha value is -2.56. The van der Waals surface area contributed by atoms with E-state index >= 15 is 0 Å². The molecule has 0 unspecified atom stereocenters. The van der Waals surface area contributed by atoms with E-state index in [1.165, 1.54) is 18.2 Å². The number of nitrogens with zero attached hydrogens (tertiary/aromatic N) is 2. The Labute approximate surface area is 123 Å². The van der Waals surface area contributed by atoms with Crippen molar-refractivity contribution in [3.05, 3.63) is 48.0 Å². The number of primary sulfonamides is 1. The summed E-state index contributed by atoms with van der Waals surface area (Å²) in [5, 5.41) is 14.1. The highest BCUT2D eigenvalue weighted by atomic mass is 32.2. The molecule has 0 aliphatic heterocycles. The SMILES string of the molecule is CN(c1cccc(C#N)c1)c1cc(S(N)(=O)=O)ccc1N. The molecule has 0 amide bonds. The molecular weight excluding hydrogens is 288 g/mol. The third kappa shape index (κ3) is 3.13. The number of nitriles is 1. The molecule has 0 saturated heterocycles. The van der Waals surface area contributed by atoms with Gasteiger partial charge in [-0.3, -0.25) is 0 Å². The predicted octanol–water partition coefficient (Wildman–Crippen LogP) is 1.56. The van der Waals surface area contributed by atoms with Crippen molar-refractivity contribution in [3.63, 3.8) is 0 Å². The Morgan fingerprint density at radius 1 is 1.19 bits per heavy atom. The molecule has 0 heterocycles. The highest BCUT2D eigenvalue weighted by molar-refractivity contribution is 7.89. The van der Waals surface area contributed by atoms with Crippen molar-refractivity contribution in [3.8, 4) is 6.07 Å². The predicted molar refractivity (Wildman–Crippen MR) is 81.4 cm³/mol. The third-order valence-corrected chi connectivity index (χ3v) is 3.97. The Morgan fingerprint density at radius 2 is 1.90 bits per heavy atom. The number of nitrogen functional groups attached to an aromatic ring is 1. The van der Waals surface area contributed by atoms with Gasteiger partial charge in [0.15, 0.2) is 0 Å². The second kappa shape index (κ2) is 5.44. The molecule has 0 fully saturated rings. The highest BCUT2D eigenvalue weighted by Crippen LogP contribution is 2.31. The van der Waals surface area contributed by atoms with E-state index in [-0.39, 0.29) is 4.90 Å². The average Bonchev–Trinajstić information content (AvgIpc) is 2.46. The van der Waals surface area contributed by atoms with E-state index in [2.05, 4.69) is 6.07 Å². The van der Waals surface area contributed by atoms with Gasteiger partial charge in [0.1, 0.15) is 0 Å². The van der Waals surface area contributed by atoms with Crippen LogP contribution in [0, 0.1) is 11.3 Å². The van der Waals surface area contributed by atoms with Crippen molar-refractivity contribution in [2.45, 2.75) is 4.90 Å². The second-order valence-electron chi connectivity index (χ2n) is 4.49. The summed E-state index contributed by atoms with van der Waals surface area (Å²) in [5.41, 5.74) is 8.02. The van der Waals surface area contributed by atoms with E-state index < -0.39 is 10.0 Å². The number of hydrogen-bond acceptors (Lipinski definition) is 5. The quantitative estimate of drug-likeness (QED) is 0.835. The maximum absolute atomic E-state index is 11.4. The van der Waals surface area contributed by atoms with Crippen LogP contribution in [0.1, 0.15) is 5.56 Å². The molecule has 2 rings (SSSR count). The Balaban J connectivity index is 2.52. The molecule has 0 aliphatic rings. The lowest BCUT2D eigenvalue weighted by Gasteiger charge is -2.22. The van der Waals surface area contributed by atoms with Crippen molar-refractivity contribution in [2.24, 2.45) is 5.14 Å². The Morgan fingerprint density at radius 3 is 2.52 bits per heavy atom. The lowest BCUT2D eigenvalue weighted by Crippen LogP contribution is -2.16. The monoisotopic (exact) mass is 302 g/mol. The minimum absolute atomic E-state index is 0.0185. The standard InChI is InChI=1S/C14H14N4O2S/c1-18(11-4-2-3-10(7-11)9-15)14-8-12(21(17,19)20)5-6-13(14)16/h2-8H,16H2,1H3,(H2,17,19,20). The van der Waals surface area contributed by atoms with Gasteiger partial charge in [-0.1, -0.05) is 6.07 Å². The van der Waals surface area contributed by atoms with E-state index in [9.17, 15) is 8.42 Å². The zero-order valence-corrected chi connectivity index (χ0v) is 12.1. The lowest BCUT2D eigenvalue weighted by atomic mass is 10.2. The summed E-state index contributed by atoms with van der Waals surface area (Å²) in [6.45, 7) is 0. The fourth-order valence-corrected chi connectivity index (χ4v) is 2.45. The molecule has 0 saturated carbocycles. The van der Waals surface area contributed by atoms with Crippen LogP contribution in [0.25, 0.3) is 0 Å². The number of sulfonamides is 1. The molecule has 4 N–H and O–H groups in total. The van der Waals surface area contributed by atoms with Crippen molar-refractivity contribution in [1.82, 2.24) is 0 Å². The van der Waals surface area contributed by atoms with Crippen molar-refractivity contribution in [2.75, 3.05) is 17.7 Å². The maximum Gasteiger partial charge on any atom is 0.238 e. The maximum atomic E-state index is 11.4. The van der Waals surface area contributed by atoms with Gasteiger partial charge < -0.3 is 10.6 Å². The van der Waals surface area contributed by atoms with Gasteiger partial charge in [0, 0.05) is 12.7 Å². The summed E-state index contributed by atoms with van der Waals surface area (Å²) in [6.07, 6.45) is 0. The van der Waals surface area contributed by atoms with Gasteiger partial charge in [0.2, 0.25) is 10.0 Å². The van der Waals surface area contributed by atoms with Gasteiger partial charge >= 0.3 is 0 Å². The normalized spacial score (nSPS) is 10.9. The van der Waals surface area contributed by atoms with E-state index in [0.717, 1.165) is 0 Å². The molecule has 0 radical (unpaired) electrons. The summed E-state index contributed by atoms with van der Waals surface area (Å²) in [6, 6.07) is 13.2. The number of nitrogens with two attached hydrogens (primary N) is 2. The van der Waals surface area contributed by atoms with Crippen LogP contribution in [0.5, 0.6) is 0 Å². The van der Waals surface area contributed by atoms with E-state index in [0.29, 0.717) is 22.6 Å². The highest BCUT2D eigenvalue weighted by Gasteiger charge is 2.14. The first-order valence-electron chi connectivity index (χ1n) is 5.99. The smallest absolute Gasteiger partial charge is 0.238 e. The number of hydrogen-bond donors (Lipinski definition) is 2. The number of anilines is 3. The van der Waals surface area contributed by atoms with Crippen LogP contribution < -0.4 is 15.8 Å². The Kier molecular flexibility index (Phi) is 3.84. The van der Waals surface area contributed by atoms with Crippen molar-refractivity contribution < 1.29 is 8.42 Å². The molecule has 0 spiro atoms. The van der Waals surface area contributed by atoms with Crippen molar-refractivity contribution in [1.29, 1.82) is 5.26 Å². The summed E-state index contributed by atoms with van der Waals surface area (Å²) in [7, 11) is -2.07. The zero-order valence-electron chi connectivity index (χ0n) is 11.3. The number of benzene rings is 2. The first-order chi connectivity index (χ1) is 9.82. The van der Waals surface area contributed by atoms with Crippen LogP contribution in [0.3, 0.4) is 0 Å². The van der Waals surface area contributed by atoms with E-state index in [1.807, 2.05) is 0 Å². The molecular formula is C14H14N4O2S. The van der Waals surface area contributed by atoms with Crippen LogP contribution in [0.15, 0.2) is 47.4 Å². The molecule has 2 aromatic carbocycles. The fourth-order valence-electron chi connectivity index (χ4n) is 1.91. The summed E-state index contributed by atoms with van der Waals surface area (Å²) in [5.74, 6) is 0. The number of rotatable bonds is 3. The van der Waals surface area contributed by atoms with Gasteiger partial charge in [0.05, 0.1) is 27.9 Å². The van der Waals surface area contributed by atoms with Crippen LogP contribution in [-0.2, 0) is 10.0 Å². The van der Waals surface area contributed by atoms with E-state index in [1.54, 1.807) is 36.2 Å². The third-order valence-electron chi connectivity index (χ3n) is 3.05. The van der Waals surface area contributed by atoms with Crippen molar-refractivity contribution >= 4 is 27.1 Å². The first kappa shape index (κ1) is 14.8. The van der Waals surface area contributed by atoms with Crippen LogP contribution in [-0.4, -0.2) is 15.5 Å². The molecule has 0 aromatic heterocycles. The summed E-state index contributed by atoms with van der Waals surface area (Å²) < 4.78 is 22.9. The minimum Gasteiger partial charge on any atom is -0.397 e. The van der Waals surface area contributed by atoms with Crippen LogP contribution >= 0.6 is 0 Å². The molecule has 6 nitrogen and oxygen atoms in total. The molecule has 0 aliphatic carbocycles. The van der Waals surface area contributed by atoms with Gasteiger partial charge in [-0.15, -0.1) is 0 Å². The van der Waals surface area contributed by atoms with Gasteiger partial charge in [-0.2, -0.15) is 5.26 Å². The first-order valence-corrected chi connectivity index (χ1v) is 7.54. The van der Waals surface area contributed by atoms with Gasteiger partial charge in [-0.05, 0) is 36.4 Å². The summed E-state index contributed by atoms with van der Waals surface area (Å²) in [4.78, 5) is 1.68. The van der Waals surface area contributed by atoms with Crippen LogP contribution in [0.4, 0.5) is 17.1 Å². The largest absolute Gasteiger partial charge is 0.397 e. The molecule has 0 atom stereocenters. The average molecular weight is 302 g/mol. The topological polar surface area (TPSA) is 113 Å². The Bertz CT molecular complexity index is 825. The van der Waals surface area contributed by atoms with Crippen LogP contribution in [0.2, 0.25) is 0 Å². The molecule has 2 aromatic rings. The molecule has 108 valence electrons. The fraction of sp³-hybridized carbons (Fsp3) is 0.0714. The summed E-state index contributed by atoms with van der Waals surface area (Å²) >= 11 is 0. The van der Waals surface area contributed by atoms with E-state index in [4.69, 9.17) is 16.1 Å². The minimum atomic E-state index is -3.81. The lowest BCUT2D eigenvalue weighted by molar-refractivity contribution is 0.598. The molecule has 7 heteroatoms. The molecule has 21 heavy (non-hydrogen) atoms. The van der Waals surface area contributed by atoms with Gasteiger partial charge in [-0.25, -0.2) is 13.6 Å². The zero-order chi connectivity index (χ0) is 15.6.